The van der Waals surface area contributed by atoms with Gasteiger partial charge in [-0.25, -0.2) is 9.97 Å². The summed E-state index contributed by atoms with van der Waals surface area (Å²) < 4.78 is 6.88. The van der Waals surface area contributed by atoms with E-state index in [1.165, 1.54) is 10.5 Å². The molecule has 4 rings (SSSR count). The molecule has 0 saturated carbocycles. The van der Waals surface area contributed by atoms with E-state index in [0.717, 1.165) is 37.7 Å². The largest absolute Gasteiger partial charge is 0.378 e. The summed E-state index contributed by atoms with van der Waals surface area (Å²) in [5.41, 5.74) is 1.55. The molecular formula is C18H19N5O2. The number of fused-ring (bicyclic) bond motifs is 1. The second kappa shape index (κ2) is 6.90. The van der Waals surface area contributed by atoms with Crippen molar-refractivity contribution in [1.82, 2.24) is 14.4 Å². The van der Waals surface area contributed by atoms with Gasteiger partial charge in [0.1, 0.15) is 17.3 Å². The van der Waals surface area contributed by atoms with E-state index >= 15 is 0 Å². The maximum Gasteiger partial charge on any atom is 0.259 e. The molecule has 0 spiro atoms. The van der Waals surface area contributed by atoms with Crippen molar-refractivity contribution in [1.29, 1.82) is 0 Å². The first kappa shape index (κ1) is 15.6. The number of aromatic nitrogens is 3. The van der Waals surface area contributed by atoms with E-state index in [1.807, 2.05) is 36.5 Å². The normalized spacial score (nSPS) is 14.6. The van der Waals surface area contributed by atoms with Crippen molar-refractivity contribution in [2.75, 3.05) is 36.5 Å². The molecule has 0 amide bonds. The Morgan fingerprint density at radius 2 is 2.04 bits per heavy atom. The zero-order valence-corrected chi connectivity index (χ0v) is 13.8. The van der Waals surface area contributed by atoms with Crippen molar-refractivity contribution in [3.63, 3.8) is 0 Å². The van der Waals surface area contributed by atoms with Crippen molar-refractivity contribution in [2.45, 2.75) is 6.54 Å². The third-order valence-electron chi connectivity index (χ3n) is 4.19. The molecule has 7 nitrogen and oxygen atoms in total. The van der Waals surface area contributed by atoms with E-state index < -0.39 is 0 Å². The third-order valence-corrected chi connectivity index (χ3v) is 4.19. The van der Waals surface area contributed by atoms with E-state index in [-0.39, 0.29) is 5.56 Å². The molecule has 1 saturated heterocycles. The van der Waals surface area contributed by atoms with Crippen LogP contribution in [0.1, 0.15) is 5.56 Å². The predicted octanol–water partition coefficient (Wildman–Crippen LogP) is 1.54. The second-order valence-electron chi connectivity index (χ2n) is 5.89. The van der Waals surface area contributed by atoms with Gasteiger partial charge in [-0.05, 0) is 23.8 Å². The Morgan fingerprint density at radius 1 is 1.16 bits per heavy atom. The van der Waals surface area contributed by atoms with Gasteiger partial charge in [0.25, 0.3) is 5.56 Å². The van der Waals surface area contributed by atoms with E-state index in [1.54, 1.807) is 6.20 Å². The molecule has 0 aromatic carbocycles. The van der Waals surface area contributed by atoms with Crippen molar-refractivity contribution in [3.8, 4) is 0 Å². The van der Waals surface area contributed by atoms with Gasteiger partial charge in [0.05, 0.1) is 13.2 Å². The fourth-order valence-electron chi connectivity index (χ4n) is 2.84. The Labute approximate surface area is 144 Å². The molecule has 3 aromatic rings. The number of nitrogens with one attached hydrogen (secondary N) is 1. The molecule has 0 bridgehead atoms. The summed E-state index contributed by atoms with van der Waals surface area (Å²) in [6.45, 7) is 3.79. The minimum absolute atomic E-state index is 0.103. The standard InChI is InChI=1S/C18H19N5O2/c24-18-11-15(21-17-3-1-2-6-23(17)18)19-12-14-4-5-16(20-13-14)22-7-9-25-10-8-22/h1-6,11,13,19H,7-10,12H2. The van der Waals surface area contributed by atoms with Crippen LogP contribution in [0.15, 0.2) is 53.6 Å². The minimum atomic E-state index is -0.103. The molecule has 0 radical (unpaired) electrons. The maximum absolute atomic E-state index is 12.1. The third kappa shape index (κ3) is 3.46. The van der Waals surface area contributed by atoms with E-state index in [0.29, 0.717) is 18.0 Å². The SMILES string of the molecule is O=c1cc(NCc2ccc(N3CCOCC3)nc2)nc2ccccn12. The highest BCUT2D eigenvalue weighted by atomic mass is 16.5. The quantitative estimate of drug-likeness (QED) is 0.779. The first-order chi connectivity index (χ1) is 12.3. The Kier molecular flexibility index (Phi) is 4.30. The molecular weight excluding hydrogens is 318 g/mol. The van der Waals surface area contributed by atoms with Gasteiger partial charge >= 0.3 is 0 Å². The molecule has 25 heavy (non-hydrogen) atoms. The van der Waals surface area contributed by atoms with Gasteiger partial charge in [0, 0.05) is 38.1 Å². The minimum Gasteiger partial charge on any atom is -0.378 e. The van der Waals surface area contributed by atoms with Crippen LogP contribution in [0.2, 0.25) is 0 Å². The van der Waals surface area contributed by atoms with Crippen LogP contribution in [0.25, 0.3) is 5.65 Å². The lowest BCUT2D eigenvalue weighted by atomic mass is 10.2. The Hall–Kier alpha value is -2.93. The molecule has 0 aliphatic carbocycles. The van der Waals surface area contributed by atoms with Crippen LogP contribution in [-0.4, -0.2) is 40.7 Å². The predicted molar refractivity (Wildman–Crippen MR) is 96.1 cm³/mol. The highest BCUT2D eigenvalue weighted by Gasteiger charge is 2.11. The number of rotatable bonds is 4. The number of pyridine rings is 2. The van der Waals surface area contributed by atoms with E-state index in [9.17, 15) is 4.79 Å². The topological polar surface area (TPSA) is 71.8 Å². The van der Waals surface area contributed by atoms with Crippen LogP contribution in [0, 0.1) is 0 Å². The Balaban J connectivity index is 1.45. The summed E-state index contributed by atoms with van der Waals surface area (Å²) in [7, 11) is 0. The van der Waals surface area contributed by atoms with Gasteiger partial charge in [0.15, 0.2) is 0 Å². The fourth-order valence-corrected chi connectivity index (χ4v) is 2.84. The average molecular weight is 337 g/mol. The summed E-state index contributed by atoms with van der Waals surface area (Å²) in [6.07, 6.45) is 3.56. The summed E-state index contributed by atoms with van der Waals surface area (Å²) in [6, 6.07) is 11.0. The van der Waals surface area contributed by atoms with Gasteiger partial charge < -0.3 is 15.0 Å². The summed E-state index contributed by atoms with van der Waals surface area (Å²) in [5, 5.41) is 3.19. The summed E-state index contributed by atoms with van der Waals surface area (Å²) >= 11 is 0. The maximum atomic E-state index is 12.1. The zero-order chi connectivity index (χ0) is 17.1. The molecule has 1 N–H and O–H groups in total. The van der Waals surface area contributed by atoms with Crippen LogP contribution in [0.5, 0.6) is 0 Å². The van der Waals surface area contributed by atoms with Crippen molar-refractivity contribution >= 4 is 17.3 Å². The van der Waals surface area contributed by atoms with Gasteiger partial charge in [-0.3, -0.25) is 9.20 Å². The number of anilines is 2. The van der Waals surface area contributed by atoms with Crippen molar-refractivity contribution in [2.24, 2.45) is 0 Å². The summed E-state index contributed by atoms with van der Waals surface area (Å²) in [4.78, 5) is 23.3. The van der Waals surface area contributed by atoms with Gasteiger partial charge in [-0.2, -0.15) is 0 Å². The highest BCUT2D eigenvalue weighted by Crippen LogP contribution is 2.14. The van der Waals surface area contributed by atoms with Crippen LogP contribution in [-0.2, 0) is 11.3 Å². The smallest absolute Gasteiger partial charge is 0.259 e. The van der Waals surface area contributed by atoms with E-state index in [2.05, 4.69) is 20.2 Å². The van der Waals surface area contributed by atoms with Crippen LogP contribution in [0.4, 0.5) is 11.6 Å². The van der Waals surface area contributed by atoms with Crippen LogP contribution >= 0.6 is 0 Å². The molecule has 1 fully saturated rings. The molecule has 4 heterocycles. The highest BCUT2D eigenvalue weighted by molar-refractivity contribution is 5.47. The number of hydrogen-bond acceptors (Lipinski definition) is 6. The van der Waals surface area contributed by atoms with Crippen molar-refractivity contribution in [3.05, 3.63) is 64.7 Å². The molecule has 0 unspecified atom stereocenters. The number of morpholine rings is 1. The lowest BCUT2D eigenvalue weighted by Gasteiger charge is -2.27. The van der Waals surface area contributed by atoms with Crippen molar-refractivity contribution < 1.29 is 4.74 Å². The van der Waals surface area contributed by atoms with Crippen LogP contribution in [0.3, 0.4) is 0 Å². The van der Waals surface area contributed by atoms with Gasteiger partial charge in [0.2, 0.25) is 0 Å². The Bertz CT molecular complexity index is 917. The van der Waals surface area contributed by atoms with Gasteiger partial charge in [-0.15, -0.1) is 0 Å². The first-order valence-electron chi connectivity index (χ1n) is 8.29. The molecule has 128 valence electrons. The molecule has 1 aliphatic rings. The zero-order valence-electron chi connectivity index (χ0n) is 13.8. The fraction of sp³-hybridized carbons (Fsp3) is 0.278. The number of nitrogens with zero attached hydrogens (tertiary/aromatic N) is 4. The summed E-state index contributed by atoms with van der Waals surface area (Å²) in [5.74, 6) is 1.53. The molecule has 0 atom stereocenters. The molecule has 7 heteroatoms. The number of ether oxygens (including phenoxy) is 1. The first-order valence-corrected chi connectivity index (χ1v) is 8.29. The molecule has 1 aliphatic heterocycles. The average Bonchev–Trinajstić information content (AvgIpc) is 2.68. The van der Waals surface area contributed by atoms with E-state index in [4.69, 9.17) is 4.74 Å². The number of hydrogen-bond donors (Lipinski definition) is 1. The lowest BCUT2D eigenvalue weighted by molar-refractivity contribution is 0.122. The second-order valence-corrected chi connectivity index (χ2v) is 5.89. The van der Waals surface area contributed by atoms with Crippen LogP contribution < -0.4 is 15.8 Å². The van der Waals surface area contributed by atoms with Gasteiger partial charge in [-0.1, -0.05) is 12.1 Å². The lowest BCUT2D eigenvalue weighted by Crippen LogP contribution is -2.36. The monoisotopic (exact) mass is 337 g/mol. The Morgan fingerprint density at radius 3 is 2.84 bits per heavy atom. The molecule has 3 aromatic heterocycles.